The highest BCUT2D eigenvalue weighted by atomic mass is 32.1. The van der Waals surface area contributed by atoms with Crippen LogP contribution in [0.4, 0.5) is 28.9 Å². The molecule has 1 aromatic carbocycles. The normalized spacial score (nSPS) is 14.7. The summed E-state index contributed by atoms with van der Waals surface area (Å²) in [6, 6.07) is 3.06. The number of halogens is 4. The van der Waals surface area contributed by atoms with Gasteiger partial charge in [0.25, 0.3) is 0 Å². The molecule has 3 rings (SSSR count). The number of carbonyl (C=O) groups is 1. The monoisotopic (exact) mass is 429 g/mol. The lowest BCUT2D eigenvalue weighted by atomic mass is 9.92. The van der Waals surface area contributed by atoms with Crippen LogP contribution in [-0.4, -0.2) is 17.4 Å². The van der Waals surface area contributed by atoms with Crippen molar-refractivity contribution in [3.05, 3.63) is 39.1 Å². The van der Waals surface area contributed by atoms with Crippen LogP contribution in [0.25, 0.3) is 0 Å². The maximum Gasteiger partial charge on any atom is 0.443 e. The molecule has 1 N–H and O–H groups in total. The van der Waals surface area contributed by atoms with Crippen molar-refractivity contribution >= 4 is 28.6 Å². The zero-order valence-corrected chi connectivity index (χ0v) is 17.5. The van der Waals surface area contributed by atoms with Gasteiger partial charge in [-0.25, -0.2) is 9.37 Å². The van der Waals surface area contributed by atoms with Crippen molar-refractivity contribution in [3.8, 4) is 0 Å². The van der Waals surface area contributed by atoms with Crippen molar-refractivity contribution in [1.29, 1.82) is 0 Å². The van der Waals surface area contributed by atoms with Crippen LogP contribution in [-0.2, 0) is 23.9 Å². The number of aryl methyl sites for hydroxylation is 1. The summed E-state index contributed by atoms with van der Waals surface area (Å²) in [4.78, 5) is 18.2. The van der Waals surface area contributed by atoms with E-state index in [9.17, 15) is 22.4 Å². The number of amides is 1. The zero-order chi connectivity index (χ0) is 21.6. The predicted octanol–water partition coefficient (Wildman–Crippen LogP) is 5.55. The Hall–Kier alpha value is -2.16. The lowest BCUT2D eigenvalue weighted by molar-refractivity contribution is -0.137. The molecular weight excluding hydrogens is 406 g/mol. The van der Waals surface area contributed by atoms with E-state index in [1.807, 2.05) is 25.7 Å². The van der Waals surface area contributed by atoms with Gasteiger partial charge in [0.15, 0.2) is 5.01 Å². The van der Waals surface area contributed by atoms with Crippen molar-refractivity contribution in [2.24, 2.45) is 5.41 Å². The number of benzene rings is 1. The molecule has 1 aromatic heterocycles. The number of fused-ring (bicyclic) bond motifs is 1. The van der Waals surface area contributed by atoms with E-state index < -0.39 is 17.0 Å². The van der Waals surface area contributed by atoms with E-state index in [4.69, 9.17) is 0 Å². The summed E-state index contributed by atoms with van der Waals surface area (Å²) in [6.45, 7) is 8.16. The van der Waals surface area contributed by atoms with Gasteiger partial charge in [-0.3, -0.25) is 4.79 Å². The summed E-state index contributed by atoms with van der Waals surface area (Å²) < 4.78 is 53.4. The summed E-state index contributed by atoms with van der Waals surface area (Å²) in [7, 11) is 0. The summed E-state index contributed by atoms with van der Waals surface area (Å²) in [6.07, 6.45) is -3.83. The van der Waals surface area contributed by atoms with Crippen LogP contribution in [0.3, 0.4) is 0 Å². The smallest absolute Gasteiger partial charge is 0.366 e. The highest BCUT2D eigenvalue weighted by Crippen LogP contribution is 2.37. The second kappa shape index (κ2) is 7.59. The average molecular weight is 429 g/mol. The van der Waals surface area contributed by atoms with E-state index >= 15 is 0 Å². The van der Waals surface area contributed by atoms with E-state index in [0.717, 1.165) is 0 Å². The maximum absolute atomic E-state index is 14.7. The summed E-state index contributed by atoms with van der Waals surface area (Å²) in [5.41, 5.74) is 1.51. The van der Waals surface area contributed by atoms with Gasteiger partial charge in [0.2, 0.25) is 5.91 Å². The SMILES string of the molecule is Cc1cc(N2CCc3nc(C(F)(F)F)sc3C2)cc(F)c1NC(=O)CC(C)(C)C. The molecule has 158 valence electrons. The van der Waals surface area contributed by atoms with Crippen molar-refractivity contribution < 1.29 is 22.4 Å². The third-order valence-electron chi connectivity index (χ3n) is 4.57. The molecule has 4 nitrogen and oxygen atoms in total. The van der Waals surface area contributed by atoms with Gasteiger partial charge in [-0.15, -0.1) is 11.3 Å². The quantitative estimate of drug-likeness (QED) is 0.651. The Morgan fingerprint density at radius 3 is 2.55 bits per heavy atom. The van der Waals surface area contributed by atoms with Gasteiger partial charge in [0.05, 0.1) is 17.9 Å². The van der Waals surface area contributed by atoms with E-state index in [2.05, 4.69) is 10.3 Å². The molecule has 0 atom stereocenters. The first kappa shape index (κ1) is 21.5. The molecule has 0 saturated carbocycles. The Bertz CT molecular complexity index is 908. The molecule has 1 amide bonds. The van der Waals surface area contributed by atoms with Gasteiger partial charge in [0.1, 0.15) is 5.82 Å². The second-order valence-corrected chi connectivity index (χ2v) is 9.55. The van der Waals surface area contributed by atoms with Crippen LogP contribution in [0.2, 0.25) is 0 Å². The maximum atomic E-state index is 14.7. The Labute approximate surface area is 170 Å². The van der Waals surface area contributed by atoms with E-state index in [-0.39, 0.29) is 30.0 Å². The molecule has 0 saturated heterocycles. The van der Waals surface area contributed by atoms with Gasteiger partial charge < -0.3 is 10.2 Å². The van der Waals surface area contributed by atoms with Gasteiger partial charge in [-0.2, -0.15) is 13.2 Å². The Kier molecular flexibility index (Phi) is 5.64. The number of thiazole rings is 1. The van der Waals surface area contributed by atoms with Crippen LogP contribution in [0.5, 0.6) is 0 Å². The minimum atomic E-state index is -4.46. The van der Waals surface area contributed by atoms with E-state index in [1.54, 1.807) is 13.0 Å². The fourth-order valence-electron chi connectivity index (χ4n) is 3.27. The Balaban J connectivity index is 1.79. The van der Waals surface area contributed by atoms with Gasteiger partial charge in [0, 0.05) is 30.0 Å². The molecule has 9 heteroatoms. The molecule has 0 bridgehead atoms. The molecule has 0 fully saturated rings. The average Bonchev–Trinajstić information content (AvgIpc) is 3.00. The zero-order valence-electron chi connectivity index (χ0n) is 16.7. The van der Waals surface area contributed by atoms with E-state index in [0.29, 0.717) is 46.1 Å². The van der Waals surface area contributed by atoms with Crippen LogP contribution in [0.1, 0.15) is 48.3 Å². The number of hydrogen-bond acceptors (Lipinski definition) is 4. The molecule has 29 heavy (non-hydrogen) atoms. The first-order valence-corrected chi connectivity index (χ1v) is 10.1. The minimum Gasteiger partial charge on any atom is -0.366 e. The number of anilines is 2. The first-order valence-electron chi connectivity index (χ1n) is 9.24. The fraction of sp³-hybridized carbons (Fsp3) is 0.500. The van der Waals surface area contributed by atoms with Gasteiger partial charge in [-0.1, -0.05) is 20.8 Å². The number of rotatable bonds is 3. The topological polar surface area (TPSA) is 45.2 Å². The lowest BCUT2D eigenvalue weighted by Crippen LogP contribution is -2.30. The van der Waals surface area contributed by atoms with Gasteiger partial charge in [-0.05, 0) is 30.0 Å². The molecular formula is C20H23F4N3OS. The number of carbonyl (C=O) groups excluding carboxylic acids is 1. The fourth-order valence-corrected chi connectivity index (χ4v) is 4.26. The molecule has 2 aromatic rings. The van der Waals surface area contributed by atoms with Crippen LogP contribution >= 0.6 is 11.3 Å². The number of hydrogen-bond donors (Lipinski definition) is 1. The molecule has 0 radical (unpaired) electrons. The predicted molar refractivity (Wildman–Crippen MR) is 106 cm³/mol. The van der Waals surface area contributed by atoms with Crippen LogP contribution in [0.15, 0.2) is 12.1 Å². The number of alkyl halides is 3. The summed E-state index contributed by atoms with van der Waals surface area (Å²) in [5, 5.41) is 1.79. The van der Waals surface area contributed by atoms with Gasteiger partial charge >= 0.3 is 6.18 Å². The molecule has 2 heterocycles. The third kappa shape index (κ3) is 5.07. The highest BCUT2D eigenvalue weighted by molar-refractivity contribution is 7.11. The summed E-state index contributed by atoms with van der Waals surface area (Å²) >= 11 is 0.637. The molecule has 0 spiro atoms. The molecule has 1 aliphatic heterocycles. The second-order valence-electron chi connectivity index (χ2n) is 8.46. The van der Waals surface area contributed by atoms with E-state index in [1.165, 1.54) is 6.07 Å². The molecule has 1 aliphatic rings. The summed E-state index contributed by atoms with van der Waals surface area (Å²) in [5.74, 6) is -0.826. The third-order valence-corrected chi connectivity index (χ3v) is 5.69. The highest BCUT2D eigenvalue weighted by Gasteiger charge is 2.37. The number of nitrogens with one attached hydrogen (secondary N) is 1. The standard InChI is InChI=1S/C20H23F4N3OS/c1-11-7-12(8-13(21)17(11)26-16(28)9-19(2,3)4)27-6-5-14-15(10-27)29-18(25-14)20(22,23)24/h7-8H,5-6,9-10H2,1-4H3,(H,26,28). The van der Waals surface area contributed by atoms with Crippen molar-refractivity contribution in [2.75, 3.05) is 16.8 Å². The molecule has 0 unspecified atom stereocenters. The van der Waals surface area contributed by atoms with Crippen molar-refractivity contribution in [1.82, 2.24) is 4.98 Å². The largest absolute Gasteiger partial charge is 0.443 e. The molecule has 0 aliphatic carbocycles. The lowest BCUT2D eigenvalue weighted by Gasteiger charge is -2.29. The minimum absolute atomic E-state index is 0.137. The van der Waals surface area contributed by atoms with Crippen molar-refractivity contribution in [3.63, 3.8) is 0 Å². The first-order chi connectivity index (χ1) is 13.3. The van der Waals surface area contributed by atoms with Crippen molar-refractivity contribution in [2.45, 2.75) is 53.3 Å². The number of aromatic nitrogens is 1. The van der Waals surface area contributed by atoms with Crippen LogP contribution in [0, 0.1) is 18.2 Å². The Morgan fingerprint density at radius 1 is 1.28 bits per heavy atom. The van der Waals surface area contributed by atoms with Crippen LogP contribution < -0.4 is 10.2 Å². The Morgan fingerprint density at radius 2 is 1.97 bits per heavy atom. The number of nitrogens with zero attached hydrogens (tertiary/aromatic N) is 2.